The van der Waals surface area contributed by atoms with Crippen LogP contribution in [0.5, 0.6) is 0 Å². The fraction of sp³-hybridized carbons (Fsp3) is 0.500. The summed E-state index contributed by atoms with van der Waals surface area (Å²) in [6, 6.07) is 0. The van der Waals surface area contributed by atoms with Crippen molar-refractivity contribution in [1.82, 2.24) is 0 Å². The minimum atomic E-state index is -5.30. The predicted molar refractivity (Wildman–Crippen MR) is 75.9 cm³/mol. The summed E-state index contributed by atoms with van der Waals surface area (Å²) in [6.07, 6.45) is -5.75. The third kappa shape index (κ3) is 25.0. The van der Waals surface area contributed by atoms with Crippen molar-refractivity contribution < 1.29 is 88.2 Å². The topological polar surface area (TPSA) is 202 Å². The van der Waals surface area contributed by atoms with E-state index < -0.39 is 44.9 Å². The van der Waals surface area contributed by atoms with Gasteiger partial charge in [0.05, 0.1) is 0 Å². The average Bonchev–Trinajstić information content (AvgIpc) is 2.09. The Kier molecular flexibility index (Phi) is 41.6. The van der Waals surface area contributed by atoms with Gasteiger partial charge in [-0.3, -0.25) is 9.11 Å². The summed E-state index contributed by atoms with van der Waals surface area (Å²) in [5, 5.41) is 17.7. The Balaban J connectivity index is -0.0000000963. The standard InChI is InChI=1S/C4H6O12S2.2Cu.2K.2Na.4H/c5-1(3(7)15-17(9,10)11)2(6)4(8)16-18(12,13)14;;;;;;;;;;/h1-2,5-6H,(H,9,10,11)(H,12,13,14);;;;;;;;;;. The van der Waals surface area contributed by atoms with Crippen molar-refractivity contribution in [1.29, 1.82) is 0 Å². The zero-order chi connectivity index (χ0) is 14.7. The third-order valence-electron chi connectivity index (χ3n) is 1.16. The monoisotopic (exact) mass is 564 g/mol. The average molecular weight is 566 g/mol. The summed E-state index contributed by atoms with van der Waals surface area (Å²) >= 11 is 0. The van der Waals surface area contributed by atoms with Gasteiger partial charge in [-0.1, -0.05) is 0 Å². The van der Waals surface area contributed by atoms with Gasteiger partial charge >= 0.3 is 195 Å². The second kappa shape index (κ2) is 21.2. The summed E-state index contributed by atoms with van der Waals surface area (Å²) in [4.78, 5) is 21.4. The molecule has 0 aromatic rings. The molecule has 24 heavy (non-hydrogen) atoms. The van der Waals surface area contributed by atoms with Crippen LogP contribution >= 0.6 is 0 Å². The fourth-order valence-corrected chi connectivity index (χ4v) is 1.18. The molecule has 136 valence electrons. The van der Waals surface area contributed by atoms with Gasteiger partial charge < -0.3 is 18.6 Å². The molecule has 2 unspecified atom stereocenters. The second-order valence-electron chi connectivity index (χ2n) is 2.55. The summed E-state index contributed by atoms with van der Waals surface area (Å²) < 4.78 is 62.5. The summed E-state index contributed by atoms with van der Waals surface area (Å²) in [5.74, 6) is -4.37. The Morgan fingerprint density at radius 3 is 1.00 bits per heavy atom. The molecule has 0 aliphatic heterocycles. The van der Waals surface area contributed by atoms with Crippen molar-refractivity contribution in [3.05, 3.63) is 0 Å². The van der Waals surface area contributed by atoms with Crippen LogP contribution in [0.2, 0.25) is 0 Å². The van der Waals surface area contributed by atoms with Gasteiger partial charge in [0.15, 0.2) is 12.2 Å². The quantitative estimate of drug-likeness (QED) is 0.182. The SMILES string of the molecule is O=C(OS(=O)(=O)O)C(O)C(O)C(=O)OS(=O)(=O)O.[Cu].[Cu].[KH].[KH].[NaH].[NaH]. The molecule has 0 rings (SSSR count). The summed E-state index contributed by atoms with van der Waals surface area (Å²) in [5.41, 5.74) is 0. The van der Waals surface area contributed by atoms with Crippen LogP contribution < -0.4 is 0 Å². The molecule has 0 amide bonds. The van der Waals surface area contributed by atoms with Gasteiger partial charge in [0, 0.05) is 34.1 Å². The number of aliphatic hydroxyl groups is 2. The van der Waals surface area contributed by atoms with Gasteiger partial charge in [-0.25, -0.2) is 9.59 Å². The number of hydrogen-bond acceptors (Lipinski definition) is 10. The molecule has 12 nitrogen and oxygen atoms in total. The zero-order valence-corrected chi connectivity index (χ0v) is 12.1. The van der Waals surface area contributed by atoms with Gasteiger partial charge in [0.1, 0.15) is 0 Å². The van der Waals surface area contributed by atoms with Gasteiger partial charge in [0.2, 0.25) is 0 Å². The van der Waals surface area contributed by atoms with Crippen LogP contribution in [-0.2, 0) is 72.9 Å². The Morgan fingerprint density at radius 2 is 0.875 bits per heavy atom. The minimum absolute atomic E-state index is 0. The molecule has 0 bridgehead atoms. The Hall–Kier alpha value is 4.99. The molecule has 2 radical (unpaired) electrons. The third-order valence-corrected chi connectivity index (χ3v) is 1.91. The van der Waals surface area contributed by atoms with Crippen molar-refractivity contribution in [3.63, 3.8) is 0 Å². The van der Waals surface area contributed by atoms with Gasteiger partial charge in [0.25, 0.3) is 0 Å². The van der Waals surface area contributed by atoms with E-state index in [9.17, 15) is 26.4 Å². The van der Waals surface area contributed by atoms with Crippen LogP contribution in [0.25, 0.3) is 0 Å². The van der Waals surface area contributed by atoms with E-state index in [1.807, 2.05) is 0 Å². The van der Waals surface area contributed by atoms with E-state index >= 15 is 0 Å². The number of carbonyl (C=O) groups excluding carboxylic acids is 2. The maximum absolute atomic E-state index is 10.7. The first-order valence-corrected chi connectivity index (χ1v) is 6.34. The molecular weight excluding hydrogens is 555 g/mol. The van der Waals surface area contributed by atoms with Crippen molar-refractivity contribution in [2.45, 2.75) is 12.2 Å². The molecule has 0 aliphatic carbocycles. The number of carbonyl (C=O) groups is 2. The Labute approximate surface area is 288 Å². The van der Waals surface area contributed by atoms with E-state index in [4.69, 9.17) is 19.3 Å². The zero-order valence-electron chi connectivity index (χ0n) is 8.63. The first-order valence-electron chi connectivity index (χ1n) is 3.61. The van der Waals surface area contributed by atoms with E-state index in [2.05, 4.69) is 8.37 Å². The van der Waals surface area contributed by atoms with Crippen LogP contribution in [-0.4, -0.2) is 222 Å². The summed E-state index contributed by atoms with van der Waals surface area (Å²) in [6.45, 7) is 0. The molecule has 0 aliphatic rings. The number of aliphatic hydroxyl groups excluding tert-OH is 2. The number of hydrogen-bond donors (Lipinski definition) is 4. The normalized spacial score (nSPS) is 11.7. The maximum atomic E-state index is 10.7. The second-order valence-corrected chi connectivity index (χ2v) is 4.59. The molecule has 0 aromatic carbocycles. The predicted octanol–water partition coefficient (Wildman–Crippen LogP) is -6.20. The molecule has 0 fully saturated rings. The Bertz CT molecular complexity index is 505. The van der Waals surface area contributed by atoms with Gasteiger partial charge in [-0.15, -0.1) is 0 Å². The molecule has 2 atom stereocenters. The molecule has 20 heteroatoms. The molecule has 4 N–H and O–H groups in total. The van der Waals surface area contributed by atoms with Crippen LogP contribution in [0.15, 0.2) is 0 Å². The molecular formula is C4H10Cu2K2Na2O12S2. The Morgan fingerprint density at radius 1 is 0.708 bits per heavy atom. The molecule has 0 spiro atoms. The van der Waals surface area contributed by atoms with E-state index in [0.29, 0.717) is 0 Å². The van der Waals surface area contributed by atoms with Crippen molar-refractivity contribution in [3.8, 4) is 0 Å². The van der Waals surface area contributed by atoms with Crippen LogP contribution in [0.3, 0.4) is 0 Å². The van der Waals surface area contributed by atoms with Crippen LogP contribution in [0, 0.1) is 0 Å². The number of rotatable bonds is 5. The first-order chi connectivity index (χ1) is 7.83. The molecule has 0 aromatic heterocycles. The van der Waals surface area contributed by atoms with Gasteiger partial charge in [-0.05, 0) is 0 Å². The first kappa shape index (κ1) is 47.0. The van der Waals surface area contributed by atoms with Crippen LogP contribution in [0.1, 0.15) is 0 Å². The fourth-order valence-electron chi connectivity index (χ4n) is 0.564. The van der Waals surface area contributed by atoms with E-state index in [-0.39, 0.29) is 196 Å². The van der Waals surface area contributed by atoms with Crippen molar-refractivity contribution in [2.24, 2.45) is 0 Å². The van der Waals surface area contributed by atoms with Crippen molar-refractivity contribution in [2.75, 3.05) is 0 Å². The van der Waals surface area contributed by atoms with E-state index in [0.717, 1.165) is 0 Å². The van der Waals surface area contributed by atoms with Gasteiger partial charge in [-0.2, -0.15) is 16.8 Å². The molecule has 0 heterocycles. The van der Waals surface area contributed by atoms with E-state index in [1.54, 1.807) is 0 Å². The van der Waals surface area contributed by atoms with E-state index in [1.165, 1.54) is 0 Å². The van der Waals surface area contributed by atoms with Crippen LogP contribution in [0.4, 0.5) is 0 Å². The summed E-state index contributed by atoms with van der Waals surface area (Å²) in [7, 11) is -10.6. The molecule has 0 saturated heterocycles. The van der Waals surface area contributed by atoms with Crippen molar-refractivity contribution >= 4 is 195 Å². The molecule has 0 saturated carbocycles.